The van der Waals surface area contributed by atoms with Crippen LogP contribution < -0.4 is 10.2 Å². The average Bonchev–Trinajstić information content (AvgIpc) is 3.42. The number of carbonyl (C=O) groups is 2. The molecule has 2 aliphatic heterocycles. The summed E-state index contributed by atoms with van der Waals surface area (Å²) in [5, 5.41) is 11.7. The third kappa shape index (κ3) is 3.06. The minimum absolute atomic E-state index is 0.0844. The predicted octanol–water partition coefficient (Wildman–Crippen LogP) is 1.48. The molecule has 5 rings (SSSR count). The van der Waals surface area contributed by atoms with Crippen LogP contribution in [-0.2, 0) is 17.8 Å². The van der Waals surface area contributed by atoms with Gasteiger partial charge in [0.15, 0.2) is 0 Å². The van der Waals surface area contributed by atoms with Crippen molar-refractivity contribution >= 4 is 17.6 Å². The van der Waals surface area contributed by atoms with Gasteiger partial charge in [-0.15, -0.1) is 5.10 Å². The summed E-state index contributed by atoms with van der Waals surface area (Å²) in [7, 11) is 1.70. The van der Waals surface area contributed by atoms with Crippen LogP contribution in [0, 0.1) is 6.92 Å². The quantitative estimate of drug-likeness (QED) is 0.712. The maximum Gasteiger partial charge on any atom is 0.291 e. The van der Waals surface area contributed by atoms with Gasteiger partial charge in [-0.2, -0.15) is 5.10 Å². The molecule has 0 aliphatic carbocycles. The van der Waals surface area contributed by atoms with Crippen molar-refractivity contribution in [3.63, 3.8) is 0 Å². The number of anilines is 1. The van der Waals surface area contributed by atoms with Crippen LogP contribution in [0.25, 0.3) is 0 Å². The molecule has 0 fully saturated rings. The van der Waals surface area contributed by atoms with Crippen molar-refractivity contribution in [1.29, 1.82) is 0 Å². The standard InChI is InChI=1S/C21H23N7O2/c1-13-12-18-26(2)21(30)15(10-11-27(18)24-13)22-20(29)19-23-17-9-8-16(28(17)25-19)14-6-4-3-5-7-14/h3-7,12,15-16H,8-11H2,1-2H3,(H,22,29)/t15-,16+/m0/s1. The average molecular weight is 405 g/mol. The van der Waals surface area contributed by atoms with E-state index in [9.17, 15) is 9.59 Å². The van der Waals surface area contributed by atoms with Crippen LogP contribution in [0.1, 0.15) is 46.6 Å². The fraction of sp³-hybridized carbons (Fsp3) is 0.381. The maximum atomic E-state index is 12.9. The van der Waals surface area contributed by atoms with Gasteiger partial charge >= 0.3 is 0 Å². The van der Waals surface area contributed by atoms with Gasteiger partial charge in [0.25, 0.3) is 11.8 Å². The number of hydrogen-bond acceptors (Lipinski definition) is 5. The Kier molecular flexibility index (Phi) is 4.38. The monoisotopic (exact) mass is 405 g/mol. The molecule has 30 heavy (non-hydrogen) atoms. The molecule has 0 radical (unpaired) electrons. The first-order valence-corrected chi connectivity index (χ1v) is 10.1. The molecule has 2 aliphatic rings. The lowest BCUT2D eigenvalue weighted by Gasteiger charge is -2.20. The molecule has 0 spiro atoms. The summed E-state index contributed by atoms with van der Waals surface area (Å²) in [5.41, 5.74) is 2.01. The van der Waals surface area contributed by atoms with Crippen LogP contribution in [0.2, 0.25) is 0 Å². The van der Waals surface area contributed by atoms with Crippen molar-refractivity contribution in [1.82, 2.24) is 29.9 Å². The lowest BCUT2D eigenvalue weighted by Crippen LogP contribution is -2.47. The first-order chi connectivity index (χ1) is 14.5. The molecule has 0 unspecified atom stereocenters. The highest BCUT2D eigenvalue weighted by atomic mass is 16.2. The number of amides is 2. The molecule has 1 N–H and O–H groups in total. The second-order valence-electron chi connectivity index (χ2n) is 7.84. The third-order valence-corrected chi connectivity index (χ3v) is 5.81. The predicted molar refractivity (Wildman–Crippen MR) is 109 cm³/mol. The molecule has 3 aromatic rings. The second kappa shape index (κ2) is 7.08. The Morgan fingerprint density at radius 1 is 1.17 bits per heavy atom. The Morgan fingerprint density at radius 2 is 1.97 bits per heavy atom. The fourth-order valence-corrected chi connectivity index (χ4v) is 4.29. The van der Waals surface area contributed by atoms with Crippen molar-refractivity contribution in [2.24, 2.45) is 0 Å². The normalized spacial score (nSPS) is 20.6. The highest BCUT2D eigenvalue weighted by Gasteiger charge is 2.33. The van der Waals surface area contributed by atoms with Crippen molar-refractivity contribution in [3.05, 3.63) is 59.3 Å². The Bertz CT molecular complexity index is 1120. The van der Waals surface area contributed by atoms with Crippen LogP contribution in [-0.4, -0.2) is 49.4 Å². The van der Waals surface area contributed by atoms with Gasteiger partial charge in [-0.1, -0.05) is 30.3 Å². The zero-order valence-corrected chi connectivity index (χ0v) is 16.9. The molecular formula is C21H23N7O2. The van der Waals surface area contributed by atoms with E-state index in [4.69, 9.17) is 0 Å². The SMILES string of the molecule is Cc1cc2n(n1)CC[C@H](NC(=O)c1nc3n(n1)[C@@H](c1ccccc1)CC3)C(=O)N2C. The Labute approximate surface area is 173 Å². The van der Waals surface area contributed by atoms with Crippen molar-refractivity contribution in [2.75, 3.05) is 11.9 Å². The molecule has 4 heterocycles. The number of aryl methyl sites for hydroxylation is 3. The zero-order valence-electron chi connectivity index (χ0n) is 16.9. The molecule has 9 heteroatoms. The summed E-state index contributed by atoms with van der Waals surface area (Å²) in [6, 6.07) is 11.4. The van der Waals surface area contributed by atoms with Crippen molar-refractivity contribution < 1.29 is 9.59 Å². The molecular weight excluding hydrogens is 382 g/mol. The van der Waals surface area contributed by atoms with E-state index in [2.05, 4.69) is 32.6 Å². The van der Waals surface area contributed by atoms with Crippen molar-refractivity contribution in [3.8, 4) is 0 Å². The van der Waals surface area contributed by atoms with E-state index in [-0.39, 0.29) is 17.8 Å². The lowest BCUT2D eigenvalue weighted by atomic mass is 10.1. The zero-order chi connectivity index (χ0) is 20.8. The first kappa shape index (κ1) is 18.5. The highest BCUT2D eigenvalue weighted by molar-refractivity contribution is 6.00. The maximum absolute atomic E-state index is 12.9. The summed E-state index contributed by atoms with van der Waals surface area (Å²) in [6.45, 7) is 2.44. The number of benzene rings is 1. The summed E-state index contributed by atoms with van der Waals surface area (Å²) < 4.78 is 3.64. The molecule has 1 aromatic carbocycles. The van der Waals surface area contributed by atoms with Crippen molar-refractivity contribution in [2.45, 2.75) is 44.8 Å². The number of carbonyl (C=O) groups excluding carboxylic acids is 2. The van der Waals surface area contributed by atoms with E-state index in [0.717, 1.165) is 35.7 Å². The van der Waals surface area contributed by atoms with E-state index in [1.165, 1.54) is 0 Å². The molecule has 0 saturated carbocycles. The number of hydrogen-bond donors (Lipinski definition) is 1. The third-order valence-electron chi connectivity index (χ3n) is 5.81. The minimum atomic E-state index is -0.646. The van der Waals surface area contributed by atoms with Gasteiger partial charge in [0.1, 0.15) is 17.7 Å². The fourth-order valence-electron chi connectivity index (χ4n) is 4.29. The van der Waals surface area contributed by atoms with E-state index < -0.39 is 11.9 Å². The summed E-state index contributed by atoms with van der Waals surface area (Å²) in [5.74, 6) is 1.05. The number of nitrogens with zero attached hydrogens (tertiary/aromatic N) is 6. The van der Waals surface area contributed by atoms with Crippen LogP contribution in [0.4, 0.5) is 5.82 Å². The van der Waals surface area contributed by atoms with Gasteiger partial charge in [0.2, 0.25) is 5.82 Å². The van der Waals surface area contributed by atoms with Crippen LogP contribution in [0.5, 0.6) is 0 Å². The summed E-state index contributed by atoms with van der Waals surface area (Å²) in [4.78, 5) is 31.7. The summed E-state index contributed by atoms with van der Waals surface area (Å²) in [6.07, 6.45) is 2.15. The first-order valence-electron chi connectivity index (χ1n) is 10.1. The molecule has 9 nitrogen and oxygen atoms in total. The van der Waals surface area contributed by atoms with Crippen LogP contribution >= 0.6 is 0 Å². The number of fused-ring (bicyclic) bond motifs is 2. The van der Waals surface area contributed by atoms with Gasteiger partial charge in [-0.3, -0.25) is 14.5 Å². The number of nitrogens with one attached hydrogen (secondary N) is 1. The molecule has 154 valence electrons. The van der Waals surface area contributed by atoms with E-state index in [1.54, 1.807) is 16.6 Å². The molecule has 0 saturated heterocycles. The molecule has 2 atom stereocenters. The van der Waals surface area contributed by atoms with Crippen LogP contribution in [0.15, 0.2) is 36.4 Å². The van der Waals surface area contributed by atoms with Gasteiger partial charge in [-0.05, 0) is 25.3 Å². The summed E-state index contributed by atoms with van der Waals surface area (Å²) >= 11 is 0. The molecule has 0 bridgehead atoms. The Morgan fingerprint density at radius 3 is 2.77 bits per heavy atom. The number of likely N-dealkylation sites (N-methyl/N-ethyl adjacent to an activating group) is 1. The Balaban J connectivity index is 1.33. The van der Waals surface area contributed by atoms with Crippen LogP contribution in [0.3, 0.4) is 0 Å². The highest BCUT2D eigenvalue weighted by Crippen LogP contribution is 2.30. The largest absolute Gasteiger partial charge is 0.337 e. The van der Waals surface area contributed by atoms with E-state index >= 15 is 0 Å². The smallest absolute Gasteiger partial charge is 0.291 e. The lowest BCUT2D eigenvalue weighted by molar-refractivity contribution is -0.120. The van der Waals surface area contributed by atoms with E-state index in [0.29, 0.717) is 13.0 Å². The molecule has 2 aromatic heterocycles. The Hall–Kier alpha value is -3.49. The van der Waals surface area contributed by atoms with Gasteiger partial charge in [-0.25, -0.2) is 14.3 Å². The number of aromatic nitrogens is 5. The van der Waals surface area contributed by atoms with E-state index in [1.807, 2.05) is 35.9 Å². The topological polar surface area (TPSA) is 97.9 Å². The molecule has 2 amide bonds. The number of rotatable bonds is 3. The second-order valence-corrected chi connectivity index (χ2v) is 7.84. The van der Waals surface area contributed by atoms with Gasteiger partial charge in [0.05, 0.1) is 11.7 Å². The minimum Gasteiger partial charge on any atom is -0.337 e. The van der Waals surface area contributed by atoms with Gasteiger partial charge < -0.3 is 5.32 Å². The van der Waals surface area contributed by atoms with Gasteiger partial charge in [0, 0.05) is 26.1 Å².